The third-order valence-corrected chi connectivity index (χ3v) is 6.80. The second-order valence-electron chi connectivity index (χ2n) is 8.66. The number of aromatic nitrogens is 2. The van der Waals surface area contributed by atoms with E-state index in [4.69, 9.17) is 0 Å². The predicted molar refractivity (Wildman–Crippen MR) is 106 cm³/mol. The maximum Gasteiger partial charge on any atom is 0.105 e. The van der Waals surface area contributed by atoms with E-state index >= 15 is 0 Å². The molecule has 0 radical (unpaired) electrons. The average molecular weight is 361 g/mol. The van der Waals surface area contributed by atoms with Crippen molar-refractivity contribution in [1.82, 2.24) is 19.4 Å². The SMILES string of the molecule is CC(C)=CCN1CCC2(CCN(Cc3cnc(C)n3C)CC2)[C@@H](CO)C1. The number of allylic oxidation sites excluding steroid dienone is 1. The highest BCUT2D eigenvalue weighted by Crippen LogP contribution is 2.45. The van der Waals surface area contributed by atoms with Crippen molar-refractivity contribution < 1.29 is 5.11 Å². The summed E-state index contributed by atoms with van der Waals surface area (Å²) in [4.78, 5) is 9.50. The fourth-order valence-electron chi connectivity index (χ4n) is 4.65. The number of likely N-dealkylation sites (tertiary alicyclic amines) is 2. The second kappa shape index (κ2) is 8.24. The normalized spacial score (nSPS) is 24.1. The minimum absolute atomic E-state index is 0.326. The summed E-state index contributed by atoms with van der Waals surface area (Å²) in [6.07, 6.45) is 7.98. The molecular weight excluding hydrogens is 324 g/mol. The highest BCUT2D eigenvalue weighted by Gasteiger charge is 2.44. The fourth-order valence-corrected chi connectivity index (χ4v) is 4.65. The molecule has 3 rings (SSSR count). The molecule has 0 amide bonds. The summed E-state index contributed by atoms with van der Waals surface area (Å²) >= 11 is 0. The first-order chi connectivity index (χ1) is 12.4. The van der Waals surface area contributed by atoms with Gasteiger partial charge < -0.3 is 9.67 Å². The molecule has 0 saturated carbocycles. The Balaban J connectivity index is 1.57. The zero-order valence-electron chi connectivity index (χ0n) is 17.0. The number of rotatable bonds is 5. The van der Waals surface area contributed by atoms with Crippen LogP contribution in [0.5, 0.6) is 0 Å². The summed E-state index contributed by atoms with van der Waals surface area (Å²) in [5, 5.41) is 10.1. The standard InChI is InChI=1S/C21H36N4O/c1-17(2)5-9-24-10-6-21(19(14-24)16-26)7-11-25(12-8-21)15-20-13-22-18(3)23(20)4/h5,13,19,26H,6-12,14-16H2,1-4H3/t19-/m1/s1. The summed E-state index contributed by atoms with van der Waals surface area (Å²) in [5.74, 6) is 1.50. The van der Waals surface area contributed by atoms with E-state index in [0.717, 1.165) is 38.5 Å². The number of hydrogen-bond acceptors (Lipinski definition) is 4. The van der Waals surface area contributed by atoms with Crippen molar-refractivity contribution in [2.45, 2.75) is 46.6 Å². The Kier molecular flexibility index (Phi) is 6.21. The zero-order chi connectivity index (χ0) is 18.7. The van der Waals surface area contributed by atoms with Crippen LogP contribution in [0.1, 0.15) is 44.6 Å². The molecule has 2 aliphatic heterocycles. The zero-order valence-corrected chi connectivity index (χ0v) is 17.0. The van der Waals surface area contributed by atoms with E-state index in [2.05, 4.69) is 53.2 Å². The van der Waals surface area contributed by atoms with Crippen LogP contribution in [0.25, 0.3) is 0 Å². The Labute approximate surface area is 158 Å². The molecular formula is C21H36N4O. The van der Waals surface area contributed by atoms with Crippen LogP contribution < -0.4 is 0 Å². The van der Waals surface area contributed by atoms with Crippen molar-refractivity contribution >= 4 is 0 Å². The topological polar surface area (TPSA) is 44.5 Å². The molecule has 2 fully saturated rings. The van der Waals surface area contributed by atoms with Gasteiger partial charge in [0.1, 0.15) is 5.82 Å². The lowest BCUT2D eigenvalue weighted by Crippen LogP contribution is -2.53. The Hall–Kier alpha value is -1.17. The Morgan fingerprint density at radius 3 is 2.42 bits per heavy atom. The van der Waals surface area contributed by atoms with Gasteiger partial charge in [0, 0.05) is 45.4 Å². The van der Waals surface area contributed by atoms with Crippen LogP contribution in [0, 0.1) is 18.3 Å². The van der Waals surface area contributed by atoms with E-state index in [1.807, 2.05) is 6.20 Å². The molecule has 0 aromatic carbocycles. The van der Waals surface area contributed by atoms with Gasteiger partial charge in [-0.25, -0.2) is 4.98 Å². The number of imidazole rings is 1. The molecule has 26 heavy (non-hydrogen) atoms. The van der Waals surface area contributed by atoms with Crippen molar-refractivity contribution in [3.05, 3.63) is 29.4 Å². The highest BCUT2D eigenvalue weighted by molar-refractivity contribution is 5.05. The van der Waals surface area contributed by atoms with E-state index in [-0.39, 0.29) is 0 Å². The highest BCUT2D eigenvalue weighted by atomic mass is 16.3. The number of hydrogen-bond donors (Lipinski definition) is 1. The van der Waals surface area contributed by atoms with Crippen molar-refractivity contribution in [3.63, 3.8) is 0 Å². The van der Waals surface area contributed by atoms with E-state index in [1.165, 1.54) is 37.1 Å². The minimum Gasteiger partial charge on any atom is -0.396 e. The van der Waals surface area contributed by atoms with Gasteiger partial charge in [0.15, 0.2) is 0 Å². The quantitative estimate of drug-likeness (QED) is 0.820. The summed E-state index contributed by atoms with van der Waals surface area (Å²) < 4.78 is 2.20. The van der Waals surface area contributed by atoms with Gasteiger partial charge in [0.05, 0.1) is 5.69 Å². The lowest BCUT2D eigenvalue weighted by atomic mass is 9.64. The van der Waals surface area contributed by atoms with Gasteiger partial charge in [-0.15, -0.1) is 0 Å². The Morgan fingerprint density at radius 2 is 1.88 bits per heavy atom. The molecule has 0 unspecified atom stereocenters. The van der Waals surface area contributed by atoms with Gasteiger partial charge >= 0.3 is 0 Å². The molecule has 0 bridgehead atoms. The summed E-state index contributed by atoms with van der Waals surface area (Å²) in [5.41, 5.74) is 3.02. The number of piperidine rings is 2. The first kappa shape index (κ1) is 19.6. The molecule has 2 saturated heterocycles. The molecule has 5 nitrogen and oxygen atoms in total. The largest absolute Gasteiger partial charge is 0.396 e. The monoisotopic (exact) mass is 360 g/mol. The second-order valence-corrected chi connectivity index (χ2v) is 8.66. The van der Waals surface area contributed by atoms with Gasteiger partial charge in [-0.2, -0.15) is 0 Å². The number of aryl methyl sites for hydroxylation is 1. The first-order valence-corrected chi connectivity index (χ1v) is 10.1. The number of nitrogens with zero attached hydrogens (tertiary/aromatic N) is 4. The van der Waals surface area contributed by atoms with Crippen LogP contribution in [0.15, 0.2) is 17.8 Å². The van der Waals surface area contributed by atoms with Crippen LogP contribution in [-0.4, -0.2) is 63.8 Å². The van der Waals surface area contributed by atoms with Crippen molar-refractivity contribution in [2.24, 2.45) is 18.4 Å². The third kappa shape index (κ3) is 4.21. The molecule has 1 aromatic heterocycles. The van der Waals surface area contributed by atoms with Crippen LogP contribution in [0.4, 0.5) is 0 Å². The van der Waals surface area contributed by atoms with Crippen LogP contribution in [0.3, 0.4) is 0 Å². The lowest BCUT2D eigenvalue weighted by Gasteiger charge is -2.51. The van der Waals surface area contributed by atoms with E-state index in [0.29, 0.717) is 17.9 Å². The Morgan fingerprint density at radius 1 is 1.23 bits per heavy atom. The smallest absolute Gasteiger partial charge is 0.105 e. The van der Waals surface area contributed by atoms with Gasteiger partial charge in [-0.05, 0) is 65.1 Å². The predicted octanol–water partition coefficient (Wildman–Crippen LogP) is 2.59. The molecule has 2 aliphatic rings. The van der Waals surface area contributed by atoms with E-state index in [1.54, 1.807) is 0 Å². The number of aliphatic hydroxyl groups excluding tert-OH is 1. The number of aliphatic hydroxyl groups is 1. The molecule has 1 atom stereocenters. The lowest BCUT2D eigenvalue weighted by molar-refractivity contribution is -0.0404. The van der Waals surface area contributed by atoms with Gasteiger partial charge in [0.2, 0.25) is 0 Å². The summed E-state index contributed by atoms with van der Waals surface area (Å²) in [7, 11) is 2.10. The Bertz CT molecular complexity index is 624. The molecule has 5 heteroatoms. The van der Waals surface area contributed by atoms with Crippen LogP contribution in [-0.2, 0) is 13.6 Å². The van der Waals surface area contributed by atoms with Crippen molar-refractivity contribution in [3.8, 4) is 0 Å². The van der Waals surface area contributed by atoms with Crippen LogP contribution >= 0.6 is 0 Å². The minimum atomic E-state index is 0.326. The fraction of sp³-hybridized carbons (Fsp3) is 0.762. The summed E-state index contributed by atoms with van der Waals surface area (Å²) in [6.45, 7) is 13.2. The summed E-state index contributed by atoms with van der Waals surface area (Å²) in [6, 6.07) is 0. The molecule has 1 N–H and O–H groups in total. The maximum absolute atomic E-state index is 10.1. The molecule has 1 aromatic rings. The first-order valence-electron chi connectivity index (χ1n) is 10.1. The molecule has 3 heterocycles. The van der Waals surface area contributed by atoms with Gasteiger partial charge in [-0.3, -0.25) is 9.80 Å². The molecule has 0 aliphatic carbocycles. The third-order valence-electron chi connectivity index (χ3n) is 6.80. The van der Waals surface area contributed by atoms with E-state index in [9.17, 15) is 5.11 Å². The van der Waals surface area contributed by atoms with Gasteiger partial charge in [-0.1, -0.05) is 11.6 Å². The average Bonchev–Trinajstić information content (AvgIpc) is 2.95. The van der Waals surface area contributed by atoms with Crippen molar-refractivity contribution in [1.29, 1.82) is 0 Å². The van der Waals surface area contributed by atoms with Crippen LogP contribution in [0.2, 0.25) is 0 Å². The van der Waals surface area contributed by atoms with Gasteiger partial charge in [0.25, 0.3) is 0 Å². The maximum atomic E-state index is 10.1. The molecule has 146 valence electrons. The van der Waals surface area contributed by atoms with Crippen molar-refractivity contribution in [2.75, 3.05) is 39.3 Å². The molecule has 1 spiro atoms. The van der Waals surface area contributed by atoms with E-state index < -0.39 is 0 Å².